The molecule has 2 aromatic carbocycles. The highest BCUT2D eigenvalue weighted by molar-refractivity contribution is 6.04. The van der Waals surface area contributed by atoms with Crippen LogP contribution in [-0.2, 0) is 16.6 Å². The van der Waals surface area contributed by atoms with Gasteiger partial charge in [-0.05, 0) is 43.7 Å². The Morgan fingerprint density at radius 1 is 1.13 bits per heavy atom. The van der Waals surface area contributed by atoms with Gasteiger partial charge in [0.15, 0.2) is 0 Å². The van der Waals surface area contributed by atoms with Crippen molar-refractivity contribution in [2.24, 2.45) is 0 Å². The summed E-state index contributed by atoms with van der Waals surface area (Å²) in [7, 11) is 0. The number of rotatable bonds is 3. The van der Waals surface area contributed by atoms with Crippen LogP contribution >= 0.6 is 0 Å². The topological polar surface area (TPSA) is 72.7 Å². The first-order valence-electron chi connectivity index (χ1n) is 9.44. The molecule has 8 heteroatoms. The van der Waals surface area contributed by atoms with E-state index in [1.165, 1.54) is 22.9 Å². The van der Waals surface area contributed by atoms with Crippen LogP contribution in [0, 0.1) is 11.6 Å². The summed E-state index contributed by atoms with van der Waals surface area (Å²) in [6.45, 7) is 3.60. The number of amides is 1. The van der Waals surface area contributed by atoms with Gasteiger partial charge in [-0.3, -0.25) is 4.79 Å². The molecular formula is C22H17F2N5O. The zero-order valence-corrected chi connectivity index (χ0v) is 16.3. The molecule has 4 aromatic rings. The summed E-state index contributed by atoms with van der Waals surface area (Å²) in [5.74, 6) is -0.257. The Morgan fingerprint density at radius 2 is 1.93 bits per heavy atom. The van der Waals surface area contributed by atoms with Gasteiger partial charge in [-0.25, -0.2) is 13.8 Å². The van der Waals surface area contributed by atoms with Crippen molar-refractivity contribution in [3.05, 3.63) is 77.1 Å². The summed E-state index contributed by atoms with van der Waals surface area (Å²) in [4.78, 5) is 21.1. The second-order valence-corrected chi connectivity index (χ2v) is 7.80. The van der Waals surface area contributed by atoms with Gasteiger partial charge in [-0.15, -0.1) is 0 Å². The molecule has 0 saturated carbocycles. The molecule has 1 aliphatic rings. The number of anilines is 1. The summed E-state index contributed by atoms with van der Waals surface area (Å²) < 4.78 is 29.6. The Bertz CT molecular complexity index is 1330. The van der Waals surface area contributed by atoms with Gasteiger partial charge in [0, 0.05) is 23.6 Å². The number of carbonyl (C=O) groups excluding carboxylic acids is 1. The van der Waals surface area contributed by atoms with Crippen molar-refractivity contribution in [3.63, 3.8) is 0 Å². The predicted molar refractivity (Wildman–Crippen MR) is 107 cm³/mol. The van der Waals surface area contributed by atoms with Crippen LogP contribution in [0.1, 0.15) is 30.7 Å². The molecular weight excluding hydrogens is 388 g/mol. The minimum absolute atomic E-state index is 0.156. The van der Waals surface area contributed by atoms with Crippen molar-refractivity contribution in [2.75, 3.05) is 5.32 Å². The highest BCUT2D eigenvalue weighted by atomic mass is 19.1. The fourth-order valence-electron chi connectivity index (χ4n) is 3.67. The van der Waals surface area contributed by atoms with Crippen molar-refractivity contribution >= 4 is 22.6 Å². The lowest BCUT2D eigenvalue weighted by molar-refractivity contribution is -0.119. The molecule has 2 aromatic heterocycles. The van der Waals surface area contributed by atoms with Crippen molar-refractivity contribution < 1.29 is 13.6 Å². The average molecular weight is 405 g/mol. The van der Waals surface area contributed by atoms with E-state index in [-0.39, 0.29) is 24.1 Å². The van der Waals surface area contributed by atoms with Crippen LogP contribution in [0.2, 0.25) is 0 Å². The summed E-state index contributed by atoms with van der Waals surface area (Å²) in [5.41, 5.74) is 1.52. The molecule has 0 spiro atoms. The van der Waals surface area contributed by atoms with Crippen LogP contribution in [0.25, 0.3) is 16.9 Å². The highest BCUT2D eigenvalue weighted by Gasteiger charge is 2.40. The summed E-state index contributed by atoms with van der Waals surface area (Å²) in [6, 6.07) is 10.7. The summed E-state index contributed by atoms with van der Waals surface area (Å²) >= 11 is 0. The van der Waals surface area contributed by atoms with Gasteiger partial charge in [0.05, 0.1) is 16.6 Å². The highest BCUT2D eigenvalue weighted by Crippen LogP contribution is 2.36. The molecule has 0 radical (unpaired) electrons. The molecule has 30 heavy (non-hydrogen) atoms. The SMILES string of the molecule is CC1(C)C(=O)Nc2nc(-n3nc(Cc4ccccc4F)c4cc(F)ccc43)ncc21. The molecule has 1 aliphatic heterocycles. The summed E-state index contributed by atoms with van der Waals surface area (Å²) in [6.07, 6.45) is 1.79. The third-order valence-electron chi connectivity index (χ3n) is 5.47. The van der Waals surface area contributed by atoms with E-state index < -0.39 is 11.2 Å². The quantitative estimate of drug-likeness (QED) is 0.561. The molecule has 5 rings (SSSR count). The largest absolute Gasteiger partial charge is 0.310 e. The number of fused-ring (bicyclic) bond motifs is 2. The van der Waals surface area contributed by atoms with Crippen LogP contribution in [0.15, 0.2) is 48.7 Å². The molecule has 3 heterocycles. The monoisotopic (exact) mass is 405 g/mol. The van der Waals surface area contributed by atoms with E-state index >= 15 is 0 Å². The van der Waals surface area contributed by atoms with Gasteiger partial charge < -0.3 is 5.32 Å². The van der Waals surface area contributed by atoms with E-state index in [1.807, 2.05) is 0 Å². The molecule has 1 amide bonds. The molecule has 6 nitrogen and oxygen atoms in total. The van der Waals surface area contributed by atoms with E-state index in [1.54, 1.807) is 44.3 Å². The number of carbonyl (C=O) groups is 1. The third kappa shape index (κ3) is 2.75. The second kappa shape index (κ2) is 6.41. The first-order valence-corrected chi connectivity index (χ1v) is 9.44. The lowest BCUT2D eigenvalue weighted by atomic mass is 9.88. The van der Waals surface area contributed by atoms with Gasteiger partial charge in [0.25, 0.3) is 5.95 Å². The standard InChI is InChI=1S/C22H17F2N5O/c1-22(2)15-11-25-21(27-19(15)26-20(22)30)29-18-8-7-13(23)10-14(18)17(28-29)9-12-5-3-4-6-16(12)24/h3-8,10-11H,9H2,1-2H3,(H,25,26,27,30). The fourth-order valence-corrected chi connectivity index (χ4v) is 3.67. The Kier molecular flexibility index (Phi) is 3.92. The minimum Gasteiger partial charge on any atom is -0.310 e. The number of aromatic nitrogens is 4. The van der Waals surface area contributed by atoms with E-state index in [9.17, 15) is 13.6 Å². The van der Waals surface area contributed by atoms with Crippen molar-refractivity contribution in [2.45, 2.75) is 25.7 Å². The average Bonchev–Trinajstić information content (AvgIpc) is 3.17. The van der Waals surface area contributed by atoms with Crippen molar-refractivity contribution in [3.8, 4) is 5.95 Å². The molecule has 0 bridgehead atoms. The minimum atomic E-state index is -0.723. The van der Waals surface area contributed by atoms with Crippen LogP contribution in [-0.4, -0.2) is 25.7 Å². The molecule has 150 valence electrons. The fraction of sp³-hybridized carbons (Fsp3) is 0.182. The number of hydrogen-bond donors (Lipinski definition) is 1. The van der Waals surface area contributed by atoms with Gasteiger partial charge in [0.2, 0.25) is 5.91 Å². The molecule has 0 aliphatic carbocycles. The maximum absolute atomic E-state index is 14.2. The van der Waals surface area contributed by atoms with E-state index in [2.05, 4.69) is 20.4 Å². The maximum Gasteiger partial charge on any atom is 0.253 e. The Hall–Kier alpha value is -3.68. The zero-order valence-electron chi connectivity index (χ0n) is 16.3. The molecule has 1 N–H and O–H groups in total. The maximum atomic E-state index is 14.2. The Morgan fingerprint density at radius 3 is 2.73 bits per heavy atom. The number of benzene rings is 2. The third-order valence-corrected chi connectivity index (χ3v) is 5.47. The van der Waals surface area contributed by atoms with Crippen LogP contribution in [0.4, 0.5) is 14.6 Å². The zero-order chi connectivity index (χ0) is 21.0. The molecule has 0 atom stereocenters. The lowest BCUT2D eigenvalue weighted by Gasteiger charge is -2.13. The molecule has 0 unspecified atom stereocenters. The van der Waals surface area contributed by atoms with Crippen molar-refractivity contribution in [1.29, 1.82) is 0 Å². The first kappa shape index (κ1) is 18.4. The predicted octanol–water partition coefficient (Wildman–Crippen LogP) is 3.91. The molecule has 0 saturated heterocycles. The van der Waals surface area contributed by atoms with Gasteiger partial charge in [-0.2, -0.15) is 14.8 Å². The second-order valence-electron chi connectivity index (χ2n) is 7.80. The van der Waals surface area contributed by atoms with Crippen LogP contribution in [0.5, 0.6) is 0 Å². The smallest absolute Gasteiger partial charge is 0.253 e. The Balaban J connectivity index is 1.65. The number of halogens is 2. The van der Waals surface area contributed by atoms with E-state index in [0.29, 0.717) is 33.5 Å². The first-order chi connectivity index (χ1) is 14.3. The van der Waals surface area contributed by atoms with Crippen molar-refractivity contribution in [1.82, 2.24) is 19.7 Å². The molecule has 0 fully saturated rings. The summed E-state index contributed by atoms with van der Waals surface area (Å²) in [5, 5.41) is 7.88. The van der Waals surface area contributed by atoms with Crippen LogP contribution in [0.3, 0.4) is 0 Å². The number of nitrogens with zero attached hydrogens (tertiary/aromatic N) is 4. The Labute approximate surface area is 170 Å². The van der Waals surface area contributed by atoms with E-state index in [0.717, 1.165) is 0 Å². The van der Waals surface area contributed by atoms with E-state index in [4.69, 9.17) is 0 Å². The number of hydrogen-bond acceptors (Lipinski definition) is 4. The lowest BCUT2D eigenvalue weighted by Crippen LogP contribution is -2.26. The van der Waals surface area contributed by atoms with Crippen LogP contribution < -0.4 is 5.32 Å². The van der Waals surface area contributed by atoms with Gasteiger partial charge in [-0.1, -0.05) is 18.2 Å². The normalized spacial score (nSPS) is 14.7. The van der Waals surface area contributed by atoms with Gasteiger partial charge in [0.1, 0.15) is 17.5 Å². The van der Waals surface area contributed by atoms with Gasteiger partial charge >= 0.3 is 0 Å². The number of nitrogens with one attached hydrogen (secondary N) is 1.